The van der Waals surface area contributed by atoms with Gasteiger partial charge < -0.3 is 9.64 Å². The molecule has 0 unspecified atom stereocenters. The minimum absolute atomic E-state index is 0.134. The number of hydrogen-bond acceptors (Lipinski definition) is 5. The minimum atomic E-state index is -3.65. The smallest absolute Gasteiger partial charge is 0.253 e. The Morgan fingerprint density at radius 1 is 1.09 bits per heavy atom. The maximum Gasteiger partial charge on any atom is 0.253 e. The van der Waals surface area contributed by atoms with Gasteiger partial charge in [0.25, 0.3) is 5.91 Å². The molecule has 9 heteroatoms. The third-order valence-corrected chi connectivity index (χ3v) is 7.57. The number of ether oxygens (including phenoxy) is 1. The van der Waals surface area contributed by atoms with E-state index < -0.39 is 10.0 Å². The second-order valence-corrected chi connectivity index (χ2v) is 9.96. The maximum atomic E-state index is 12.9. The summed E-state index contributed by atoms with van der Waals surface area (Å²) >= 11 is 0. The molecule has 1 saturated heterocycles. The van der Waals surface area contributed by atoms with Crippen LogP contribution in [0.15, 0.2) is 65.6 Å². The standard InChI is InChI=1S/C24H28N4O4S/c1-27(12-6-10-21-18-23(26-25-21)19-7-3-2-4-8-19)24(29)20-9-5-11-22(17-20)33(30,31)28-13-15-32-16-14-28/h2-5,7-9,11,17-18H,6,10,12-16H2,1H3,(H,25,26). The number of carbonyl (C=O) groups excluding carboxylic acids is 1. The van der Waals surface area contributed by atoms with E-state index in [1.54, 1.807) is 24.1 Å². The highest BCUT2D eigenvalue weighted by Crippen LogP contribution is 2.20. The SMILES string of the molecule is CN(CCCc1cc(-c2ccccc2)n[nH]1)C(=O)c1cccc(S(=O)(=O)N2CCOCC2)c1. The van der Waals surface area contributed by atoms with Crippen molar-refractivity contribution >= 4 is 15.9 Å². The molecule has 1 aromatic heterocycles. The van der Waals surface area contributed by atoms with Crippen molar-refractivity contribution in [3.63, 3.8) is 0 Å². The number of amides is 1. The molecule has 4 rings (SSSR count). The molecule has 33 heavy (non-hydrogen) atoms. The van der Waals surface area contributed by atoms with Crippen molar-refractivity contribution in [2.24, 2.45) is 0 Å². The largest absolute Gasteiger partial charge is 0.379 e. The minimum Gasteiger partial charge on any atom is -0.379 e. The van der Waals surface area contributed by atoms with Crippen LogP contribution in [0.1, 0.15) is 22.5 Å². The first-order valence-corrected chi connectivity index (χ1v) is 12.4. The molecule has 0 spiro atoms. The molecule has 1 N–H and O–H groups in total. The van der Waals surface area contributed by atoms with E-state index in [0.717, 1.165) is 29.8 Å². The van der Waals surface area contributed by atoms with Gasteiger partial charge in [0.1, 0.15) is 0 Å². The molecule has 0 atom stereocenters. The number of sulfonamides is 1. The summed E-state index contributed by atoms with van der Waals surface area (Å²) in [7, 11) is -1.92. The molecule has 2 heterocycles. The molecule has 8 nitrogen and oxygen atoms in total. The summed E-state index contributed by atoms with van der Waals surface area (Å²) in [5.74, 6) is -0.205. The van der Waals surface area contributed by atoms with Gasteiger partial charge in [0.2, 0.25) is 10.0 Å². The van der Waals surface area contributed by atoms with Gasteiger partial charge in [0.15, 0.2) is 0 Å². The van der Waals surface area contributed by atoms with E-state index in [-0.39, 0.29) is 10.8 Å². The van der Waals surface area contributed by atoms with Gasteiger partial charge in [0, 0.05) is 43.5 Å². The molecule has 1 fully saturated rings. The van der Waals surface area contributed by atoms with E-state index >= 15 is 0 Å². The van der Waals surface area contributed by atoms with Gasteiger partial charge in [-0.3, -0.25) is 9.89 Å². The van der Waals surface area contributed by atoms with Gasteiger partial charge in [-0.15, -0.1) is 0 Å². The molecule has 1 aliphatic heterocycles. The Balaban J connectivity index is 1.35. The van der Waals surface area contributed by atoms with Crippen molar-refractivity contribution in [1.82, 2.24) is 19.4 Å². The number of carbonyl (C=O) groups is 1. The van der Waals surface area contributed by atoms with Crippen molar-refractivity contribution in [2.75, 3.05) is 39.9 Å². The van der Waals surface area contributed by atoms with Gasteiger partial charge in [-0.1, -0.05) is 36.4 Å². The van der Waals surface area contributed by atoms with Crippen molar-refractivity contribution in [3.8, 4) is 11.3 Å². The topological polar surface area (TPSA) is 95.6 Å². The molecule has 0 radical (unpaired) electrons. The normalized spacial score (nSPS) is 14.8. The van der Waals surface area contributed by atoms with E-state index in [0.29, 0.717) is 38.4 Å². The fraction of sp³-hybridized carbons (Fsp3) is 0.333. The van der Waals surface area contributed by atoms with E-state index in [1.807, 2.05) is 36.4 Å². The third-order valence-electron chi connectivity index (χ3n) is 5.68. The second kappa shape index (κ2) is 10.3. The number of nitrogens with one attached hydrogen (secondary N) is 1. The van der Waals surface area contributed by atoms with E-state index in [9.17, 15) is 13.2 Å². The van der Waals surface area contributed by atoms with Crippen LogP contribution in [0.25, 0.3) is 11.3 Å². The number of rotatable bonds is 8. The second-order valence-electron chi connectivity index (χ2n) is 8.02. The molecular formula is C24H28N4O4S. The number of nitrogens with zero attached hydrogens (tertiary/aromatic N) is 3. The monoisotopic (exact) mass is 468 g/mol. The molecule has 0 aliphatic carbocycles. The van der Waals surface area contributed by atoms with Gasteiger partial charge >= 0.3 is 0 Å². The number of aromatic amines is 1. The maximum absolute atomic E-state index is 12.9. The quantitative estimate of drug-likeness (QED) is 0.549. The highest BCUT2D eigenvalue weighted by Gasteiger charge is 2.27. The average molecular weight is 469 g/mol. The summed E-state index contributed by atoms with van der Waals surface area (Å²) in [6.07, 6.45) is 1.51. The number of morpholine rings is 1. The Morgan fingerprint density at radius 2 is 1.85 bits per heavy atom. The number of aryl methyl sites for hydroxylation is 1. The first-order valence-electron chi connectivity index (χ1n) is 11.0. The van der Waals surface area contributed by atoms with Crippen LogP contribution in [-0.2, 0) is 21.2 Å². The summed E-state index contributed by atoms with van der Waals surface area (Å²) in [5, 5.41) is 7.42. The van der Waals surface area contributed by atoms with E-state index in [4.69, 9.17) is 4.74 Å². The van der Waals surface area contributed by atoms with Crippen LogP contribution in [-0.4, -0.2) is 73.6 Å². The number of aromatic nitrogens is 2. The predicted octanol–water partition coefficient (Wildman–Crippen LogP) is 2.80. The summed E-state index contributed by atoms with van der Waals surface area (Å²) in [6, 6.07) is 18.2. The van der Waals surface area contributed by atoms with Gasteiger partial charge in [-0.25, -0.2) is 8.42 Å². The van der Waals surface area contributed by atoms with Crippen LogP contribution >= 0.6 is 0 Å². The highest BCUT2D eigenvalue weighted by molar-refractivity contribution is 7.89. The Labute approximate surface area is 194 Å². The van der Waals surface area contributed by atoms with Crippen molar-refractivity contribution in [2.45, 2.75) is 17.7 Å². The van der Waals surface area contributed by atoms with Crippen LogP contribution < -0.4 is 0 Å². The first kappa shape index (κ1) is 23.2. The predicted molar refractivity (Wildman–Crippen MR) is 125 cm³/mol. The summed E-state index contributed by atoms with van der Waals surface area (Å²) in [4.78, 5) is 14.7. The fourth-order valence-electron chi connectivity index (χ4n) is 3.80. The molecular weight excluding hydrogens is 440 g/mol. The summed E-state index contributed by atoms with van der Waals surface area (Å²) in [6.45, 7) is 1.94. The van der Waals surface area contributed by atoms with Crippen LogP contribution in [0.2, 0.25) is 0 Å². The Bertz CT molecular complexity index is 1190. The lowest BCUT2D eigenvalue weighted by Gasteiger charge is -2.26. The molecule has 0 bridgehead atoms. The average Bonchev–Trinajstić information content (AvgIpc) is 3.33. The third kappa shape index (κ3) is 5.50. The van der Waals surface area contributed by atoms with Gasteiger partial charge in [-0.05, 0) is 37.1 Å². The zero-order chi connectivity index (χ0) is 23.3. The van der Waals surface area contributed by atoms with Crippen LogP contribution in [0.3, 0.4) is 0 Å². The van der Waals surface area contributed by atoms with E-state index in [2.05, 4.69) is 10.2 Å². The number of hydrogen-bond donors (Lipinski definition) is 1. The van der Waals surface area contributed by atoms with Gasteiger partial charge in [0.05, 0.1) is 23.8 Å². The molecule has 174 valence electrons. The molecule has 1 amide bonds. The Hall–Kier alpha value is -3.01. The lowest BCUT2D eigenvalue weighted by atomic mass is 10.1. The van der Waals surface area contributed by atoms with Crippen molar-refractivity contribution < 1.29 is 17.9 Å². The van der Waals surface area contributed by atoms with Gasteiger partial charge in [-0.2, -0.15) is 9.40 Å². The zero-order valence-corrected chi connectivity index (χ0v) is 19.4. The number of H-pyrrole nitrogens is 1. The summed E-state index contributed by atoms with van der Waals surface area (Å²) < 4.78 is 32.4. The molecule has 3 aromatic rings. The fourth-order valence-corrected chi connectivity index (χ4v) is 5.26. The first-order chi connectivity index (χ1) is 15.9. The zero-order valence-electron chi connectivity index (χ0n) is 18.6. The Morgan fingerprint density at radius 3 is 2.61 bits per heavy atom. The highest BCUT2D eigenvalue weighted by atomic mass is 32.2. The lowest BCUT2D eigenvalue weighted by molar-refractivity contribution is 0.0730. The van der Waals surface area contributed by atoms with E-state index in [1.165, 1.54) is 16.4 Å². The molecule has 1 aliphatic rings. The number of benzene rings is 2. The van der Waals surface area contributed by atoms with Crippen LogP contribution in [0, 0.1) is 0 Å². The van der Waals surface area contributed by atoms with Crippen LogP contribution in [0.5, 0.6) is 0 Å². The lowest BCUT2D eigenvalue weighted by Crippen LogP contribution is -2.40. The molecule has 0 saturated carbocycles. The van der Waals surface area contributed by atoms with Crippen molar-refractivity contribution in [1.29, 1.82) is 0 Å². The molecule has 2 aromatic carbocycles. The summed E-state index contributed by atoms with van der Waals surface area (Å²) in [5.41, 5.74) is 3.32. The van der Waals surface area contributed by atoms with Crippen LogP contribution in [0.4, 0.5) is 0 Å². The Kier molecular flexibility index (Phi) is 7.22. The van der Waals surface area contributed by atoms with Crippen molar-refractivity contribution in [3.05, 3.63) is 71.9 Å².